The molecule has 0 aliphatic rings. The van der Waals surface area contributed by atoms with E-state index in [0.29, 0.717) is 20.6 Å². The van der Waals surface area contributed by atoms with Gasteiger partial charge in [-0.2, -0.15) is 4.99 Å². The van der Waals surface area contributed by atoms with Gasteiger partial charge in [0.2, 0.25) is 0 Å². The SMILES string of the molecule is Cc1cc(C(=O)N=c2sc3c(Cl)ccc(Cl)c3n2C)no1. The second-order valence-corrected chi connectivity index (χ2v) is 6.18. The molecule has 0 aliphatic carbocycles. The lowest BCUT2D eigenvalue weighted by molar-refractivity contribution is 0.0989. The summed E-state index contributed by atoms with van der Waals surface area (Å²) in [4.78, 5) is 16.6. The van der Waals surface area contributed by atoms with Crippen LogP contribution in [0.4, 0.5) is 0 Å². The molecule has 2 heterocycles. The van der Waals surface area contributed by atoms with Gasteiger partial charge in [-0.15, -0.1) is 0 Å². The van der Waals surface area contributed by atoms with Crippen molar-refractivity contribution in [2.45, 2.75) is 6.92 Å². The molecule has 1 aromatic carbocycles. The van der Waals surface area contributed by atoms with Crippen LogP contribution in [0.3, 0.4) is 0 Å². The Morgan fingerprint density at radius 3 is 2.71 bits per heavy atom. The lowest BCUT2D eigenvalue weighted by Gasteiger charge is -1.99. The lowest BCUT2D eigenvalue weighted by atomic mass is 10.3. The van der Waals surface area contributed by atoms with E-state index in [4.69, 9.17) is 27.7 Å². The van der Waals surface area contributed by atoms with Gasteiger partial charge in [0.05, 0.1) is 20.3 Å². The topological polar surface area (TPSA) is 60.4 Å². The monoisotopic (exact) mass is 341 g/mol. The summed E-state index contributed by atoms with van der Waals surface area (Å²) in [6, 6.07) is 4.97. The number of rotatable bonds is 1. The maximum absolute atomic E-state index is 12.1. The number of halogens is 2. The van der Waals surface area contributed by atoms with Crippen molar-refractivity contribution in [3.05, 3.63) is 44.5 Å². The van der Waals surface area contributed by atoms with Gasteiger partial charge in [-0.05, 0) is 19.1 Å². The fourth-order valence-corrected chi connectivity index (χ4v) is 3.55. The zero-order valence-corrected chi connectivity index (χ0v) is 13.4. The Morgan fingerprint density at radius 1 is 1.38 bits per heavy atom. The minimum Gasteiger partial charge on any atom is -0.361 e. The standard InChI is InChI=1S/C13H9Cl2N3O2S/c1-6-5-9(17-20-6)12(19)16-13-18(2)10-7(14)3-4-8(15)11(10)21-13/h3-5H,1-2H3. The number of carbonyl (C=O) groups excluding carboxylic acids is 1. The van der Waals surface area contributed by atoms with Gasteiger partial charge in [0.15, 0.2) is 10.5 Å². The van der Waals surface area contributed by atoms with Gasteiger partial charge in [0, 0.05) is 13.1 Å². The van der Waals surface area contributed by atoms with Crippen molar-refractivity contribution in [3.8, 4) is 0 Å². The normalized spacial score (nSPS) is 12.3. The number of aryl methyl sites for hydroxylation is 2. The van der Waals surface area contributed by atoms with Crippen LogP contribution < -0.4 is 4.80 Å². The summed E-state index contributed by atoms with van der Waals surface area (Å²) in [7, 11) is 1.78. The molecule has 0 bridgehead atoms. The molecule has 8 heteroatoms. The molecular formula is C13H9Cl2N3O2S. The number of carbonyl (C=O) groups is 1. The van der Waals surface area contributed by atoms with Crippen molar-refractivity contribution >= 4 is 50.7 Å². The summed E-state index contributed by atoms with van der Waals surface area (Å²) in [5, 5.41) is 4.78. The van der Waals surface area contributed by atoms with E-state index in [2.05, 4.69) is 10.1 Å². The second kappa shape index (κ2) is 5.29. The zero-order chi connectivity index (χ0) is 15.1. The molecule has 108 valence electrons. The predicted molar refractivity (Wildman–Crippen MR) is 81.9 cm³/mol. The molecular weight excluding hydrogens is 333 g/mol. The Kier molecular flexibility index (Phi) is 3.61. The van der Waals surface area contributed by atoms with Crippen LogP contribution in [0, 0.1) is 6.92 Å². The molecule has 0 radical (unpaired) electrons. The summed E-state index contributed by atoms with van der Waals surface area (Å²) in [6.45, 7) is 1.71. The Balaban J connectivity index is 2.19. The third kappa shape index (κ3) is 2.50. The molecule has 3 rings (SSSR count). The molecule has 0 saturated heterocycles. The van der Waals surface area contributed by atoms with Crippen molar-refractivity contribution in [2.75, 3.05) is 0 Å². The number of hydrogen-bond acceptors (Lipinski definition) is 4. The minimum absolute atomic E-state index is 0.169. The highest BCUT2D eigenvalue weighted by molar-refractivity contribution is 7.17. The molecule has 21 heavy (non-hydrogen) atoms. The lowest BCUT2D eigenvalue weighted by Crippen LogP contribution is -2.13. The first-order valence-corrected chi connectivity index (χ1v) is 7.50. The van der Waals surface area contributed by atoms with E-state index >= 15 is 0 Å². The van der Waals surface area contributed by atoms with Gasteiger partial charge < -0.3 is 9.09 Å². The van der Waals surface area contributed by atoms with Crippen LogP contribution in [0.15, 0.2) is 27.7 Å². The molecule has 0 aliphatic heterocycles. The maximum Gasteiger partial charge on any atom is 0.301 e. The molecule has 0 N–H and O–H groups in total. The van der Waals surface area contributed by atoms with Crippen LogP contribution >= 0.6 is 34.5 Å². The molecule has 5 nitrogen and oxygen atoms in total. The Bertz CT molecular complexity index is 923. The molecule has 0 unspecified atom stereocenters. The Labute approximate surface area is 133 Å². The van der Waals surface area contributed by atoms with Crippen LogP contribution in [-0.4, -0.2) is 15.6 Å². The maximum atomic E-state index is 12.1. The third-order valence-electron chi connectivity index (χ3n) is 2.89. The van der Waals surface area contributed by atoms with E-state index in [-0.39, 0.29) is 5.69 Å². The average molecular weight is 342 g/mol. The third-order valence-corrected chi connectivity index (χ3v) is 4.79. The minimum atomic E-state index is -0.471. The highest BCUT2D eigenvalue weighted by atomic mass is 35.5. The van der Waals surface area contributed by atoms with Crippen LogP contribution in [-0.2, 0) is 7.05 Å². The summed E-state index contributed by atoms with van der Waals surface area (Å²) in [5.74, 6) is 0.0848. The van der Waals surface area contributed by atoms with Gasteiger partial charge in [0.1, 0.15) is 5.76 Å². The van der Waals surface area contributed by atoms with Crippen LogP contribution in [0.1, 0.15) is 16.2 Å². The van der Waals surface area contributed by atoms with E-state index in [9.17, 15) is 4.79 Å². The highest BCUT2D eigenvalue weighted by Crippen LogP contribution is 2.31. The van der Waals surface area contributed by atoms with Gasteiger partial charge in [0.25, 0.3) is 0 Å². The van der Waals surface area contributed by atoms with Crippen molar-refractivity contribution in [2.24, 2.45) is 12.0 Å². The first-order valence-electron chi connectivity index (χ1n) is 5.93. The molecule has 3 aromatic rings. The van der Waals surface area contributed by atoms with Crippen LogP contribution in [0.5, 0.6) is 0 Å². The van der Waals surface area contributed by atoms with Gasteiger partial charge in [-0.3, -0.25) is 4.79 Å². The summed E-state index contributed by atoms with van der Waals surface area (Å²) >= 11 is 13.6. The van der Waals surface area contributed by atoms with Crippen molar-refractivity contribution in [3.63, 3.8) is 0 Å². The van der Waals surface area contributed by atoms with Crippen molar-refractivity contribution < 1.29 is 9.32 Å². The smallest absolute Gasteiger partial charge is 0.301 e. The number of fused-ring (bicyclic) bond motifs is 1. The number of amides is 1. The van der Waals surface area contributed by atoms with E-state index in [1.165, 1.54) is 11.3 Å². The van der Waals surface area contributed by atoms with E-state index in [0.717, 1.165) is 10.2 Å². The first-order chi connectivity index (χ1) is 9.97. The summed E-state index contributed by atoms with van der Waals surface area (Å²) in [6.07, 6.45) is 0. The second-order valence-electron chi connectivity index (χ2n) is 4.39. The molecule has 0 spiro atoms. The van der Waals surface area contributed by atoms with Gasteiger partial charge in [-0.25, -0.2) is 0 Å². The Hall–Kier alpha value is -1.63. The summed E-state index contributed by atoms with van der Waals surface area (Å²) < 4.78 is 7.40. The Morgan fingerprint density at radius 2 is 2.10 bits per heavy atom. The van der Waals surface area contributed by atoms with E-state index in [1.807, 2.05) is 0 Å². The zero-order valence-electron chi connectivity index (χ0n) is 11.1. The summed E-state index contributed by atoms with van der Waals surface area (Å²) in [5.41, 5.74) is 0.916. The predicted octanol–water partition coefficient (Wildman–Crippen LogP) is 3.58. The molecule has 0 saturated carbocycles. The van der Waals surface area contributed by atoms with Gasteiger partial charge in [-0.1, -0.05) is 39.7 Å². The molecule has 2 aromatic heterocycles. The highest BCUT2D eigenvalue weighted by Gasteiger charge is 2.13. The van der Waals surface area contributed by atoms with Crippen LogP contribution in [0.25, 0.3) is 10.2 Å². The molecule has 0 fully saturated rings. The first kappa shape index (κ1) is 14.3. The quantitative estimate of drug-likeness (QED) is 0.679. The molecule has 1 amide bonds. The number of nitrogens with zero attached hydrogens (tertiary/aromatic N) is 3. The fourth-order valence-electron chi connectivity index (χ4n) is 1.90. The fraction of sp³-hybridized carbons (Fsp3) is 0.154. The number of thiazole rings is 1. The number of benzene rings is 1. The largest absolute Gasteiger partial charge is 0.361 e. The average Bonchev–Trinajstić information content (AvgIpc) is 3.00. The van der Waals surface area contributed by atoms with Crippen LogP contribution in [0.2, 0.25) is 10.0 Å². The van der Waals surface area contributed by atoms with E-state index < -0.39 is 5.91 Å². The number of hydrogen-bond donors (Lipinski definition) is 0. The van der Waals surface area contributed by atoms with Gasteiger partial charge >= 0.3 is 5.91 Å². The van der Waals surface area contributed by atoms with Crippen molar-refractivity contribution in [1.29, 1.82) is 0 Å². The number of aromatic nitrogens is 2. The van der Waals surface area contributed by atoms with E-state index in [1.54, 1.807) is 36.7 Å². The molecule has 0 atom stereocenters. The van der Waals surface area contributed by atoms with Crippen molar-refractivity contribution in [1.82, 2.24) is 9.72 Å².